The number of halogens is 1. The van der Waals surface area contributed by atoms with Crippen LogP contribution >= 0.6 is 22.9 Å². The fourth-order valence-corrected chi connectivity index (χ4v) is 4.53. The van der Waals surface area contributed by atoms with Gasteiger partial charge in [-0.2, -0.15) is 11.3 Å². The lowest BCUT2D eigenvalue weighted by Gasteiger charge is -2.39. The van der Waals surface area contributed by atoms with Crippen molar-refractivity contribution in [3.05, 3.63) is 51.7 Å². The zero-order valence-corrected chi connectivity index (χ0v) is 16.6. The minimum atomic E-state index is 0.492. The highest BCUT2D eigenvalue weighted by atomic mass is 35.5. The van der Waals surface area contributed by atoms with Crippen LogP contribution in [0.15, 0.2) is 41.1 Å². The van der Waals surface area contributed by atoms with Gasteiger partial charge in [0.15, 0.2) is 0 Å². The predicted octanol–water partition coefficient (Wildman–Crippen LogP) is 6.22. The number of piperidine rings is 1. The van der Waals surface area contributed by atoms with Crippen molar-refractivity contribution in [1.82, 2.24) is 4.90 Å². The second kappa shape index (κ2) is 9.61. The average Bonchev–Trinajstić information content (AvgIpc) is 3.17. The van der Waals surface area contributed by atoms with Crippen LogP contribution in [0.25, 0.3) is 0 Å². The molecule has 136 valence electrons. The Morgan fingerprint density at radius 1 is 1.20 bits per heavy atom. The van der Waals surface area contributed by atoms with E-state index in [1.165, 1.54) is 50.8 Å². The molecule has 1 saturated heterocycles. The molecule has 0 radical (unpaired) electrons. The number of nitrogens with zero attached hydrogens (tertiary/aromatic N) is 1. The smallest absolute Gasteiger partial charge is 0.119 e. The molecule has 4 heteroatoms. The van der Waals surface area contributed by atoms with Crippen LogP contribution in [0.1, 0.15) is 50.5 Å². The van der Waals surface area contributed by atoms with E-state index in [9.17, 15) is 0 Å². The summed E-state index contributed by atoms with van der Waals surface area (Å²) in [5, 5.41) is 5.26. The van der Waals surface area contributed by atoms with Crippen molar-refractivity contribution >= 4 is 22.9 Å². The van der Waals surface area contributed by atoms with Gasteiger partial charge in [-0.15, -0.1) is 0 Å². The van der Waals surface area contributed by atoms with Gasteiger partial charge in [0, 0.05) is 11.1 Å². The van der Waals surface area contributed by atoms with Gasteiger partial charge in [0.1, 0.15) is 12.4 Å². The molecule has 1 aromatic heterocycles. The number of benzene rings is 1. The van der Waals surface area contributed by atoms with Gasteiger partial charge in [0.2, 0.25) is 0 Å². The van der Waals surface area contributed by atoms with E-state index in [1.54, 1.807) is 11.3 Å². The third-order valence-electron chi connectivity index (χ3n) is 5.16. The summed E-state index contributed by atoms with van der Waals surface area (Å²) in [7, 11) is 0. The largest absolute Gasteiger partial charge is 0.492 e. The lowest BCUT2D eigenvalue weighted by Crippen LogP contribution is -2.45. The third-order valence-corrected chi connectivity index (χ3v) is 6.11. The maximum Gasteiger partial charge on any atom is 0.119 e. The van der Waals surface area contributed by atoms with Gasteiger partial charge in [-0.1, -0.05) is 31.4 Å². The monoisotopic (exact) mass is 377 g/mol. The summed E-state index contributed by atoms with van der Waals surface area (Å²) in [5.41, 5.74) is 1.51. The average molecular weight is 378 g/mol. The van der Waals surface area contributed by atoms with E-state index in [-0.39, 0.29) is 0 Å². The minimum absolute atomic E-state index is 0.492. The molecule has 2 heterocycles. The molecule has 1 aliphatic heterocycles. The highest BCUT2D eigenvalue weighted by molar-refractivity contribution is 7.07. The van der Waals surface area contributed by atoms with Crippen molar-refractivity contribution in [3.8, 4) is 5.75 Å². The SMILES string of the molecule is CCCCCN1CC[C@H](c2ccsc2)C[C@H]1COc1ccc(Cl)cc1. The summed E-state index contributed by atoms with van der Waals surface area (Å²) in [6.45, 7) is 5.40. The summed E-state index contributed by atoms with van der Waals surface area (Å²) >= 11 is 7.77. The van der Waals surface area contributed by atoms with Crippen LogP contribution in [0, 0.1) is 0 Å². The molecule has 2 nitrogen and oxygen atoms in total. The first-order valence-corrected chi connectivity index (χ1v) is 10.7. The molecule has 0 N–H and O–H groups in total. The summed E-state index contributed by atoms with van der Waals surface area (Å²) in [4.78, 5) is 2.65. The van der Waals surface area contributed by atoms with Gasteiger partial charge in [0.25, 0.3) is 0 Å². The standard InChI is InChI=1S/C21H28ClNOS/c1-2-3-4-11-23-12-9-17(18-10-13-25-16-18)14-20(23)15-24-21-7-5-19(22)6-8-21/h5-8,10,13,16-17,20H,2-4,9,11-12,14-15H2,1H3/t17-,20-/m0/s1. The minimum Gasteiger partial charge on any atom is -0.492 e. The zero-order valence-electron chi connectivity index (χ0n) is 15.0. The van der Waals surface area contributed by atoms with E-state index in [0.29, 0.717) is 12.0 Å². The van der Waals surface area contributed by atoms with E-state index in [4.69, 9.17) is 16.3 Å². The van der Waals surface area contributed by atoms with E-state index in [1.807, 2.05) is 24.3 Å². The summed E-state index contributed by atoms with van der Waals surface area (Å²) < 4.78 is 6.11. The molecule has 0 unspecified atom stereocenters. The second-order valence-electron chi connectivity index (χ2n) is 6.94. The van der Waals surface area contributed by atoms with Crippen LogP contribution < -0.4 is 4.74 Å². The van der Waals surface area contributed by atoms with Gasteiger partial charge >= 0.3 is 0 Å². The number of rotatable bonds is 8. The highest BCUT2D eigenvalue weighted by Crippen LogP contribution is 2.33. The Morgan fingerprint density at radius 3 is 2.76 bits per heavy atom. The highest BCUT2D eigenvalue weighted by Gasteiger charge is 2.29. The number of ether oxygens (including phenoxy) is 1. The number of hydrogen-bond acceptors (Lipinski definition) is 3. The van der Waals surface area contributed by atoms with Crippen molar-refractivity contribution in [2.24, 2.45) is 0 Å². The second-order valence-corrected chi connectivity index (χ2v) is 8.16. The van der Waals surface area contributed by atoms with Crippen LogP contribution in [0.3, 0.4) is 0 Å². The van der Waals surface area contributed by atoms with Crippen molar-refractivity contribution in [2.75, 3.05) is 19.7 Å². The van der Waals surface area contributed by atoms with Crippen LogP contribution in [0.4, 0.5) is 0 Å². The molecule has 0 amide bonds. The molecular weight excluding hydrogens is 350 g/mol. The van der Waals surface area contributed by atoms with Crippen molar-refractivity contribution in [3.63, 3.8) is 0 Å². The molecule has 0 aliphatic carbocycles. The fraction of sp³-hybridized carbons (Fsp3) is 0.524. The van der Waals surface area contributed by atoms with Gasteiger partial charge in [-0.3, -0.25) is 4.90 Å². The Kier molecular flexibility index (Phi) is 7.21. The molecule has 0 saturated carbocycles. The van der Waals surface area contributed by atoms with Crippen LogP contribution in [-0.2, 0) is 0 Å². The lowest BCUT2D eigenvalue weighted by atomic mass is 9.86. The molecule has 1 aromatic carbocycles. The van der Waals surface area contributed by atoms with Crippen LogP contribution in [-0.4, -0.2) is 30.6 Å². The zero-order chi connectivity index (χ0) is 17.5. The molecule has 1 aliphatic rings. The van der Waals surface area contributed by atoms with Crippen LogP contribution in [0.5, 0.6) is 5.75 Å². The quantitative estimate of drug-likeness (QED) is 0.506. The molecule has 25 heavy (non-hydrogen) atoms. The van der Waals surface area contributed by atoms with Gasteiger partial charge < -0.3 is 4.74 Å². The maximum absolute atomic E-state index is 6.11. The number of unbranched alkanes of at least 4 members (excludes halogenated alkanes) is 2. The summed E-state index contributed by atoms with van der Waals surface area (Å²) in [6, 6.07) is 10.5. The molecule has 2 aromatic rings. The van der Waals surface area contributed by atoms with E-state index in [0.717, 1.165) is 17.4 Å². The van der Waals surface area contributed by atoms with Gasteiger partial charge in [-0.05, 0) is 84.9 Å². The summed E-state index contributed by atoms with van der Waals surface area (Å²) in [6.07, 6.45) is 6.33. The van der Waals surface area contributed by atoms with Gasteiger partial charge in [0.05, 0.1) is 0 Å². The fourth-order valence-electron chi connectivity index (χ4n) is 3.67. The van der Waals surface area contributed by atoms with Crippen molar-refractivity contribution < 1.29 is 4.74 Å². The van der Waals surface area contributed by atoms with Crippen molar-refractivity contribution in [1.29, 1.82) is 0 Å². The van der Waals surface area contributed by atoms with Gasteiger partial charge in [-0.25, -0.2) is 0 Å². The first-order chi connectivity index (χ1) is 12.3. The number of likely N-dealkylation sites (tertiary alicyclic amines) is 1. The number of thiophene rings is 1. The molecule has 2 atom stereocenters. The van der Waals surface area contributed by atoms with E-state index < -0.39 is 0 Å². The predicted molar refractivity (Wildman–Crippen MR) is 108 cm³/mol. The first-order valence-electron chi connectivity index (χ1n) is 9.40. The maximum atomic E-state index is 6.11. The van der Waals surface area contributed by atoms with Crippen LogP contribution in [0.2, 0.25) is 5.02 Å². The third kappa shape index (κ3) is 5.47. The molecule has 3 rings (SSSR count). The Bertz CT molecular complexity index is 613. The Balaban J connectivity index is 1.61. The molecule has 1 fully saturated rings. The molecule has 0 spiro atoms. The van der Waals surface area contributed by atoms with Crippen molar-refractivity contribution in [2.45, 2.75) is 51.0 Å². The topological polar surface area (TPSA) is 12.5 Å². The van der Waals surface area contributed by atoms with E-state index in [2.05, 4.69) is 28.7 Å². The first kappa shape index (κ1) is 18.8. The lowest BCUT2D eigenvalue weighted by molar-refractivity contribution is 0.0883. The van der Waals surface area contributed by atoms with E-state index >= 15 is 0 Å². The number of hydrogen-bond donors (Lipinski definition) is 0. The molecule has 0 bridgehead atoms. The Labute approximate surface area is 160 Å². The normalized spacial score (nSPS) is 21.4. The summed E-state index contributed by atoms with van der Waals surface area (Å²) in [5.74, 6) is 1.59. The Hall–Kier alpha value is -1.03. The molecular formula is C21H28ClNOS. The Morgan fingerprint density at radius 2 is 2.04 bits per heavy atom.